The Labute approximate surface area is 150 Å². The largest absolute Gasteiger partial charge is 0.396 e. The molecule has 6 heteroatoms. The number of benzene rings is 1. The first-order valence-corrected chi connectivity index (χ1v) is 9.25. The van der Waals surface area contributed by atoms with Crippen LogP contribution in [-0.4, -0.2) is 69.0 Å². The highest BCUT2D eigenvalue weighted by Gasteiger charge is 2.28. The quantitative estimate of drug-likeness (QED) is 0.872. The molecule has 138 valence electrons. The molecule has 0 bridgehead atoms. The van der Waals surface area contributed by atoms with Gasteiger partial charge < -0.3 is 25.1 Å². The summed E-state index contributed by atoms with van der Waals surface area (Å²) < 4.78 is 0. The number of urea groups is 1. The highest BCUT2D eigenvalue weighted by Crippen LogP contribution is 2.23. The summed E-state index contributed by atoms with van der Waals surface area (Å²) >= 11 is 0. The van der Waals surface area contributed by atoms with Crippen LogP contribution in [0.1, 0.15) is 19.3 Å². The van der Waals surface area contributed by atoms with Gasteiger partial charge in [0.2, 0.25) is 0 Å². The minimum atomic E-state index is 0.0322. The molecule has 1 aromatic carbocycles. The van der Waals surface area contributed by atoms with Gasteiger partial charge >= 0.3 is 6.03 Å². The number of aliphatic hydroxyl groups excluding tert-OH is 1. The summed E-state index contributed by atoms with van der Waals surface area (Å²) in [6.45, 7) is 3.54. The first-order valence-electron chi connectivity index (χ1n) is 9.25. The van der Waals surface area contributed by atoms with Gasteiger partial charge in [0.05, 0.1) is 0 Å². The van der Waals surface area contributed by atoms with Crippen LogP contribution in [0.15, 0.2) is 24.3 Å². The van der Waals surface area contributed by atoms with E-state index in [-0.39, 0.29) is 24.6 Å². The van der Waals surface area contributed by atoms with Crippen LogP contribution in [0, 0.1) is 5.92 Å². The molecule has 1 aromatic rings. The molecule has 0 radical (unpaired) electrons. The fourth-order valence-corrected chi connectivity index (χ4v) is 3.68. The van der Waals surface area contributed by atoms with E-state index in [1.54, 1.807) is 0 Å². The molecule has 0 saturated carbocycles. The summed E-state index contributed by atoms with van der Waals surface area (Å²) in [5.41, 5.74) is 2.46. The number of nitrogens with zero attached hydrogens (tertiary/aromatic N) is 3. The molecule has 0 aromatic heterocycles. The second-order valence-electron chi connectivity index (χ2n) is 7.40. The van der Waals surface area contributed by atoms with E-state index in [4.69, 9.17) is 0 Å². The summed E-state index contributed by atoms with van der Waals surface area (Å²) in [7, 11) is 4.10. The second-order valence-corrected chi connectivity index (χ2v) is 7.40. The van der Waals surface area contributed by atoms with Crippen molar-refractivity contribution in [1.82, 2.24) is 10.2 Å². The number of hydrogen-bond donors (Lipinski definition) is 2. The van der Waals surface area contributed by atoms with E-state index in [1.807, 2.05) is 19.0 Å². The van der Waals surface area contributed by atoms with E-state index < -0.39 is 0 Å². The molecule has 2 amide bonds. The molecule has 0 spiro atoms. The Balaban J connectivity index is 1.46. The summed E-state index contributed by atoms with van der Waals surface area (Å²) in [4.78, 5) is 18.7. The van der Waals surface area contributed by atoms with Crippen LogP contribution in [0.3, 0.4) is 0 Å². The number of carbonyl (C=O) groups excluding carboxylic acids is 1. The number of hydrogen-bond acceptors (Lipinski definition) is 4. The van der Waals surface area contributed by atoms with Crippen molar-refractivity contribution in [2.75, 3.05) is 56.7 Å². The van der Waals surface area contributed by atoms with Gasteiger partial charge in [-0.15, -0.1) is 0 Å². The zero-order chi connectivity index (χ0) is 17.8. The van der Waals surface area contributed by atoms with Crippen molar-refractivity contribution in [1.29, 1.82) is 0 Å². The Hall–Kier alpha value is -1.95. The van der Waals surface area contributed by atoms with Gasteiger partial charge in [0.1, 0.15) is 0 Å². The lowest BCUT2D eigenvalue weighted by Gasteiger charge is -2.34. The van der Waals surface area contributed by atoms with Gasteiger partial charge in [-0.25, -0.2) is 4.79 Å². The topological polar surface area (TPSA) is 59.0 Å². The van der Waals surface area contributed by atoms with E-state index in [2.05, 4.69) is 39.4 Å². The Morgan fingerprint density at radius 3 is 2.40 bits per heavy atom. The third-order valence-corrected chi connectivity index (χ3v) is 5.39. The van der Waals surface area contributed by atoms with Crippen molar-refractivity contribution in [2.24, 2.45) is 5.92 Å². The Morgan fingerprint density at radius 2 is 1.84 bits per heavy atom. The molecule has 2 N–H and O–H groups in total. The van der Waals surface area contributed by atoms with Gasteiger partial charge in [0, 0.05) is 70.2 Å². The van der Waals surface area contributed by atoms with Crippen LogP contribution < -0.4 is 15.1 Å². The monoisotopic (exact) mass is 346 g/mol. The lowest BCUT2D eigenvalue weighted by Crippen LogP contribution is -2.48. The van der Waals surface area contributed by atoms with Gasteiger partial charge in [0.25, 0.3) is 0 Å². The summed E-state index contributed by atoms with van der Waals surface area (Å²) in [5, 5.41) is 12.4. The van der Waals surface area contributed by atoms with Crippen molar-refractivity contribution in [2.45, 2.75) is 25.3 Å². The number of carbonyl (C=O) groups is 1. The van der Waals surface area contributed by atoms with Crippen molar-refractivity contribution in [3.63, 3.8) is 0 Å². The van der Waals surface area contributed by atoms with Crippen LogP contribution >= 0.6 is 0 Å². The maximum Gasteiger partial charge on any atom is 0.317 e. The molecule has 1 unspecified atom stereocenters. The van der Waals surface area contributed by atoms with Crippen LogP contribution in [0.5, 0.6) is 0 Å². The summed E-state index contributed by atoms with van der Waals surface area (Å²) in [6.07, 6.45) is 2.85. The fourth-order valence-electron chi connectivity index (χ4n) is 3.68. The minimum absolute atomic E-state index is 0.0322. The first kappa shape index (κ1) is 17.9. The van der Waals surface area contributed by atoms with Crippen LogP contribution in [0.25, 0.3) is 0 Å². The number of anilines is 2. The highest BCUT2D eigenvalue weighted by atomic mass is 16.3. The standard InChI is InChI=1S/C19H30N4O2/c1-21(2)17-3-5-18(6-4-17)22-11-8-16(9-12-22)20-19(25)23-10-7-15(13-23)14-24/h3-6,15-16,24H,7-14H2,1-2H3,(H,20,25). The van der Waals surface area contributed by atoms with Gasteiger partial charge in [-0.05, 0) is 43.5 Å². The van der Waals surface area contributed by atoms with E-state index in [0.29, 0.717) is 6.54 Å². The van der Waals surface area contributed by atoms with E-state index >= 15 is 0 Å². The van der Waals surface area contributed by atoms with Crippen LogP contribution in [0.2, 0.25) is 0 Å². The Morgan fingerprint density at radius 1 is 1.16 bits per heavy atom. The molecule has 2 heterocycles. The molecule has 0 aliphatic carbocycles. The normalized spacial score (nSPS) is 21.5. The van der Waals surface area contributed by atoms with Gasteiger partial charge in [-0.1, -0.05) is 0 Å². The average molecular weight is 346 g/mol. The van der Waals surface area contributed by atoms with E-state index in [1.165, 1.54) is 11.4 Å². The lowest BCUT2D eigenvalue weighted by molar-refractivity contribution is 0.193. The van der Waals surface area contributed by atoms with Crippen molar-refractivity contribution in [3.05, 3.63) is 24.3 Å². The molecule has 2 saturated heterocycles. The molecular formula is C19H30N4O2. The SMILES string of the molecule is CN(C)c1ccc(N2CCC(NC(=O)N3CCC(CO)C3)CC2)cc1. The Kier molecular flexibility index (Phi) is 5.68. The smallest absolute Gasteiger partial charge is 0.317 e. The maximum atomic E-state index is 12.3. The number of likely N-dealkylation sites (tertiary alicyclic amines) is 1. The molecule has 6 nitrogen and oxygen atoms in total. The number of piperidine rings is 1. The number of nitrogens with one attached hydrogen (secondary N) is 1. The fraction of sp³-hybridized carbons (Fsp3) is 0.632. The molecule has 25 heavy (non-hydrogen) atoms. The van der Waals surface area contributed by atoms with Crippen molar-refractivity contribution in [3.8, 4) is 0 Å². The zero-order valence-corrected chi connectivity index (χ0v) is 15.3. The third-order valence-electron chi connectivity index (χ3n) is 5.39. The number of aliphatic hydroxyl groups is 1. The van der Waals surface area contributed by atoms with Gasteiger partial charge in [-0.3, -0.25) is 0 Å². The predicted octanol–water partition coefficient (Wildman–Crippen LogP) is 1.75. The third kappa shape index (κ3) is 4.37. The predicted molar refractivity (Wildman–Crippen MR) is 101 cm³/mol. The molecule has 2 fully saturated rings. The lowest BCUT2D eigenvalue weighted by atomic mass is 10.0. The minimum Gasteiger partial charge on any atom is -0.396 e. The number of rotatable bonds is 4. The Bertz CT molecular complexity index is 567. The summed E-state index contributed by atoms with van der Waals surface area (Å²) in [6, 6.07) is 8.92. The summed E-state index contributed by atoms with van der Waals surface area (Å²) in [5.74, 6) is 0.248. The second kappa shape index (κ2) is 7.95. The van der Waals surface area contributed by atoms with Gasteiger partial charge in [-0.2, -0.15) is 0 Å². The molecule has 2 aliphatic rings. The number of amides is 2. The molecular weight excluding hydrogens is 316 g/mol. The molecule has 1 atom stereocenters. The van der Waals surface area contributed by atoms with Crippen molar-refractivity contribution < 1.29 is 9.90 Å². The van der Waals surface area contributed by atoms with Crippen LogP contribution in [-0.2, 0) is 0 Å². The van der Waals surface area contributed by atoms with E-state index in [9.17, 15) is 9.90 Å². The van der Waals surface area contributed by atoms with Crippen molar-refractivity contribution >= 4 is 17.4 Å². The van der Waals surface area contributed by atoms with Crippen LogP contribution in [0.4, 0.5) is 16.2 Å². The maximum absolute atomic E-state index is 12.3. The first-order chi connectivity index (χ1) is 12.1. The highest BCUT2D eigenvalue weighted by molar-refractivity contribution is 5.74. The van der Waals surface area contributed by atoms with Gasteiger partial charge in [0.15, 0.2) is 0 Å². The van der Waals surface area contributed by atoms with E-state index in [0.717, 1.165) is 38.9 Å². The average Bonchev–Trinajstić information content (AvgIpc) is 3.12. The zero-order valence-electron chi connectivity index (χ0n) is 15.3. The molecule has 3 rings (SSSR count). The molecule has 2 aliphatic heterocycles.